The molecule has 94 valence electrons. The minimum Gasteiger partial charge on any atom is -0.398 e. The number of anilines is 2. The molecule has 4 nitrogen and oxygen atoms in total. The first kappa shape index (κ1) is 12.2. The Hall–Kier alpha value is -1.29. The summed E-state index contributed by atoms with van der Waals surface area (Å²) in [6.07, 6.45) is 5.75. The van der Waals surface area contributed by atoms with Gasteiger partial charge in [0.1, 0.15) is 5.82 Å². The van der Waals surface area contributed by atoms with Crippen molar-refractivity contribution < 1.29 is 0 Å². The van der Waals surface area contributed by atoms with Crippen LogP contribution in [-0.4, -0.2) is 36.1 Å². The van der Waals surface area contributed by atoms with Gasteiger partial charge in [-0.3, -0.25) is 0 Å². The van der Waals surface area contributed by atoms with Crippen LogP contribution in [0.25, 0.3) is 0 Å². The van der Waals surface area contributed by atoms with Gasteiger partial charge in [0.25, 0.3) is 0 Å². The standard InChI is InChI=1S/C13H22N4/c1-10-8-15-13(7-12(10)14)16-9-11-5-3-4-6-17(11)2/h7-8,11H,3-6,9H2,1-2H3,(H3,14,15,16). The van der Waals surface area contributed by atoms with Crippen molar-refractivity contribution in [1.29, 1.82) is 0 Å². The third kappa shape index (κ3) is 3.09. The van der Waals surface area contributed by atoms with Gasteiger partial charge in [-0.25, -0.2) is 4.98 Å². The van der Waals surface area contributed by atoms with Gasteiger partial charge < -0.3 is 16.0 Å². The minimum absolute atomic E-state index is 0.619. The highest BCUT2D eigenvalue weighted by Crippen LogP contribution is 2.17. The smallest absolute Gasteiger partial charge is 0.128 e. The van der Waals surface area contributed by atoms with Crippen LogP contribution in [0.5, 0.6) is 0 Å². The number of rotatable bonds is 3. The fourth-order valence-corrected chi connectivity index (χ4v) is 2.26. The van der Waals surface area contributed by atoms with E-state index in [1.165, 1.54) is 25.8 Å². The molecule has 0 amide bonds. The summed E-state index contributed by atoms with van der Waals surface area (Å²) >= 11 is 0. The predicted octanol–water partition coefficient (Wildman–Crippen LogP) is 1.87. The average Bonchev–Trinajstić information content (AvgIpc) is 2.32. The fourth-order valence-electron chi connectivity index (χ4n) is 2.26. The molecular weight excluding hydrogens is 212 g/mol. The van der Waals surface area contributed by atoms with E-state index in [9.17, 15) is 0 Å². The molecule has 17 heavy (non-hydrogen) atoms. The number of likely N-dealkylation sites (tertiary alicyclic amines) is 1. The quantitative estimate of drug-likeness (QED) is 0.838. The zero-order valence-corrected chi connectivity index (χ0v) is 10.7. The van der Waals surface area contributed by atoms with E-state index in [1.54, 1.807) is 0 Å². The summed E-state index contributed by atoms with van der Waals surface area (Å²) < 4.78 is 0. The van der Waals surface area contributed by atoms with Crippen molar-refractivity contribution in [1.82, 2.24) is 9.88 Å². The van der Waals surface area contributed by atoms with Crippen molar-refractivity contribution in [3.8, 4) is 0 Å². The van der Waals surface area contributed by atoms with Gasteiger partial charge in [0.05, 0.1) is 0 Å². The first-order valence-electron chi connectivity index (χ1n) is 6.33. The number of nitrogens with one attached hydrogen (secondary N) is 1. The summed E-state index contributed by atoms with van der Waals surface area (Å²) in [6, 6.07) is 2.53. The molecule has 4 heteroatoms. The Morgan fingerprint density at radius 2 is 2.35 bits per heavy atom. The highest BCUT2D eigenvalue weighted by atomic mass is 15.2. The van der Waals surface area contributed by atoms with Crippen LogP contribution in [0.2, 0.25) is 0 Å². The molecule has 1 aliphatic rings. The van der Waals surface area contributed by atoms with E-state index in [-0.39, 0.29) is 0 Å². The van der Waals surface area contributed by atoms with Gasteiger partial charge in [-0.2, -0.15) is 0 Å². The molecule has 0 aliphatic carbocycles. The van der Waals surface area contributed by atoms with Crippen molar-refractivity contribution in [2.45, 2.75) is 32.2 Å². The molecule has 0 saturated carbocycles. The molecule has 2 rings (SSSR count). The fraction of sp³-hybridized carbons (Fsp3) is 0.615. The van der Waals surface area contributed by atoms with E-state index >= 15 is 0 Å². The van der Waals surface area contributed by atoms with Crippen LogP contribution in [0.4, 0.5) is 11.5 Å². The molecule has 0 aromatic carbocycles. The molecule has 0 spiro atoms. The zero-order valence-electron chi connectivity index (χ0n) is 10.7. The number of nitrogens with zero attached hydrogens (tertiary/aromatic N) is 2. The molecule has 1 atom stereocenters. The van der Waals surface area contributed by atoms with E-state index < -0.39 is 0 Å². The lowest BCUT2D eigenvalue weighted by Gasteiger charge is -2.32. The number of piperidine rings is 1. The average molecular weight is 234 g/mol. The highest BCUT2D eigenvalue weighted by molar-refractivity contribution is 5.53. The van der Waals surface area contributed by atoms with Gasteiger partial charge in [0, 0.05) is 30.5 Å². The molecule has 2 heterocycles. The van der Waals surface area contributed by atoms with E-state index in [0.29, 0.717) is 6.04 Å². The zero-order chi connectivity index (χ0) is 12.3. The topological polar surface area (TPSA) is 54.2 Å². The molecule has 1 saturated heterocycles. The lowest BCUT2D eigenvalue weighted by Crippen LogP contribution is -2.40. The van der Waals surface area contributed by atoms with Crippen LogP contribution in [0.15, 0.2) is 12.3 Å². The van der Waals surface area contributed by atoms with Gasteiger partial charge in [0.15, 0.2) is 0 Å². The summed E-state index contributed by atoms with van der Waals surface area (Å²) in [6.45, 7) is 4.13. The third-order valence-electron chi connectivity index (χ3n) is 3.59. The molecular formula is C13H22N4. The molecule has 1 aromatic heterocycles. The molecule has 1 unspecified atom stereocenters. The van der Waals surface area contributed by atoms with Crippen molar-refractivity contribution >= 4 is 11.5 Å². The third-order valence-corrected chi connectivity index (χ3v) is 3.59. The molecule has 0 bridgehead atoms. The van der Waals surface area contributed by atoms with Crippen LogP contribution >= 0.6 is 0 Å². The summed E-state index contributed by atoms with van der Waals surface area (Å²) in [5.41, 5.74) is 7.70. The number of likely N-dealkylation sites (N-methyl/N-ethyl adjacent to an activating group) is 1. The summed E-state index contributed by atoms with van der Waals surface area (Å²) in [5, 5.41) is 3.38. The van der Waals surface area contributed by atoms with Crippen molar-refractivity contribution in [2.24, 2.45) is 0 Å². The van der Waals surface area contributed by atoms with Crippen LogP contribution in [-0.2, 0) is 0 Å². The number of hydrogen-bond acceptors (Lipinski definition) is 4. The maximum absolute atomic E-state index is 5.87. The lowest BCUT2D eigenvalue weighted by molar-refractivity contribution is 0.194. The second kappa shape index (κ2) is 5.36. The Bertz CT molecular complexity index is 378. The largest absolute Gasteiger partial charge is 0.398 e. The number of hydrogen-bond donors (Lipinski definition) is 2. The summed E-state index contributed by atoms with van der Waals surface area (Å²) in [4.78, 5) is 6.76. The molecule has 0 radical (unpaired) electrons. The normalized spacial score (nSPS) is 21.4. The van der Waals surface area contributed by atoms with Gasteiger partial charge >= 0.3 is 0 Å². The van der Waals surface area contributed by atoms with Crippen LogP contribution in [0, 0.1) is 6.92 Å². The number of nitrogen functional groups attached to an aromatic ring is 1. The Balaban J connectivity index is 1.90. The predicted molar refractivity (Wildman–Crippen MR) is 72.1 cm³/mol. The Kier molecular flexibility index (Phi) is 3.84. The second-order valence-electron chi connectivity index (χ2n) is 4.94. The minimum atomic E-state index is 0.619. The number of aromatic nitrogens is 1. The Labute approximate surface area is 103 Å². The number of nitrogens with two attached hydrogens (primary N) is 1. The van der Waals surface area contributed by atoms with Crippen LogP contribution in [0.3, 0.4) is 0 Å². The van der Waals surface area contributed by atoms with Crippen molar-refractivity contribution in [3.05, 3.63) is 17.8 Å². The van der Waals surface area contributed by atoms with Crippen LogP contribution < -0.4 is 11.1 Å². The highest BCUT2D eigenvalue weighted by Gasteiger charge is 2.18. The SMILES string of the molecule is Cc1cnc(NCC2CCCCN2C)cc1N. The van der Waals surface area contributed by atoms with Gasteiger partial charge in [-0.1, -0.05) is 6.42 Å². The monoisotopic (exact) mass is 234 g/mol. The maximum Gasteiger partial charge on any atom is 0.128 e. The molecule has 1 fully saturated rings. The van der Waals surface area contributed by atoms with E-state index in [0.717, 1.165) is 23.6 Å². The lowest BCUT2D eigenvalue weighted by atomic mass is 10.0. The summed E-state index contributed by atoms with van der Waals surface area (Å²) in [7, 11) is 2.20. The van der Waals surface area contributed by atoms with E-state index in [1.807, 2.05) is 19.2 Å². The first-order chi connectivity index (χ1) is 8.16. The van der Waals surface area contributed by atoms with Gasteiger partial charge in [-0.05, 0) is 38.9 Å². The number of pyridine rings is 1. The molecule has 1 aliphatic heterocycles. The van der Waals surface area contributed by atoms with Crippen molar-refractivity contribution in [2.75, 3.05) is 31.2 Å². The van der Waals surface area contributed by atoms with E-state index in [4.69, 9.17) is 5.73 Å². The Morgan fingerprint density at radius 1 is 1.53 bits per heavy atom. The summed E-state index contributed by atoms with van der Waals surface area (Å²) in [5.74, 6) is 0.882. The number of aryl methyl sites for hydroxylation is 1. The van der Waals surface area contributed by atoms with Crippen molar-refractivity contribution in [3.63, 3.8) is 0 Å². The molecule has 3 N–H and O–H groups in total. The van der Waals surface area contributed by atoms with Gasteiger partial charge in [0.2, 0.25) is 0 Å². The molecule has 1 aromatic rings. The second-order valence-corrected chi connectivity index (χ2v) is 4.94. The Morgan fingerprint density at radius 3 is 3.06 bits per heavy atom. The first-order valence-corrected chi connectivity index (χ1v) is 6.33. The van der Waals surface area contributed by atoms with E-state index in [2.05, 4.69) is 22.2 Å². The van der Waals surface area contributed by atoms with Crippen LogP contribution in [0.1, 0.15) is 24.8 Å². The maximum atomic E-state index is 5.87. The van der Waals surface area contributed by atoms with Gasteiger partial charge in [-0.15, -0.1) is 0 Å².